The highest BCUT2D eigenvalue weighted by Crippen LogP contribution is 2.38. The molecule has 0 aromatic heterocycles. The molecule has 3 N–H and O–H groups in total. The molecule has 0 atom stereocenters. The Bertz CT molecular complexity index is 217. The van der Waals surface area contributed by atoms with Gasteiger partial charge in [-0.15, -0.1) is 0 Å². The van der Waals surface area contributed by atoms with Gasteiger partial charge in [0, 0.05) is 12.1 Å². The second-order valence-electron chi connectivity index (χ2n) is 6.58. The second-order valence-corrected chi connectivity index (χ2v) is 6.58. The SMILES string of the molecule is CCC(CC)(CC)NCC1(CN)CCC(C)CC1. The van der Waals surface area contributed by atoms with Crippen LogP contribution < -0.4 is 11.1 Å². The molecule has 0 aromatic carbocycles. The van der Waals surface area contributed by atoms with Gasteiger partial charge >= 0.3 is 0 Å². The number of hydrogen-bond acceptors (Lipinski definition) is 2. The van der Waals surface area contributed by atoms with Gasteiger partial charge in [0.25, 0.3) is 0 Å². The first-order valence-corrected chi connectivity index (χ1v) is 8.00. The Balaban J connectivity index is 2.58. The molecule has 108 valence electrons. The molecule has 2 heteroatoms. The van der Waals surface area contributed by atoms with Crippen LogP contribution in [0.3, 0.4) is 0 Å². The zero-order chi connectivity index (χ0) is 13.6. The minimum atomic E-state index is 0.339. The molecule has 1 aliphatic rings. The molecule has 2 nitrogen and oxygen atoms in total. The lowest BCUT2D eigenvalue weighted by Gasteiger charge is -2.42. The van der Waals surface area contributed by atoms with Crippen LogP contribution in [0.5, 0.6) is 0 Å². The molecule has 0 amide bonds. The van der Waals surface area contributed by atoms with Crippen molar-refractivity contribution in [1.29, 1.82) is 0 Å². The summed E-state index contributed by atoms with van der Waals surface area (Å²) in [4.78, 5) is 0. The fourth-order valence-electron chi connectivity index (χ4n) is 3.33. The molecule has 0 heterocycles. The zero-order valence-electron chi connectivity index (χ0n) is 13.0. The molecule has 1 aliphatic carbocycles. The van der Waals surface area contributed by atoms with Crippen molar-refractivity contribution >= 4 is 0 Å². The predicted molar refractivity (Wildman–Crippen MR) is 80.7 cm³/mol. The summed E-state index contributed by atoms with van der Waals surface area (Å²) in [7, 11) is 0. The second kappa shape index (κ2) is 6.91. The van der Waals surface area contributed by atoms with Crippen molar-refractivity contribution in [2.24, 2.45) is 17.1 Å². The smallest absolute Gasteiger partial charge is 0.0173 e. The molecule has 0 radical (unpaired) electrons. The summed E-state index contributed by atoms with van der Waals surface area (Å²) >= 11 is 0. The normalized spacial score (nSPS) is 29.5. The first kappa shape index (κ1) is 16.0. The maximum Gasteiger partial charge on any atom is 0.0173 e. The van der Waals surface area contributed by atoms with Crippen LogP contribution in [-0.2, 0) is 0 Å². The van der Waals surface area contributed by atoms with Crippen molar-refractivity contribution in [3.63, 3.8) is 0 Å². The number of nitrogens with one attached hydrogen (secondary N) is 1. The maximum absolute atomic E-state index is 6.10. The third-order valence-corrected chi connectivity index (χ3v) is 5.64. The van der Waals surface area contributed by atoms with Crippen molar-refractivity contribution in [2.45, 2.75) is 78.2 Å². The molecule has 1 rings (SSSR count). The molecule has 0 saturated heterocycles. The number of nitrogens with two attached hydrogens (primary N) is 1. The van der Waals surface area contributed by atoms with Crippen LogP contribution in [0.1, 0.15) is 72.6 Å². The van der Waals surface area contributed by atoms with E-state index in [2.05, 4.69) is 33.0 Å². The van der Waals surface area contributed by atoms with Gasteiger partial charge in [0.1, 0.15) is 0 Å². The Kier molecular flexibility index (Phi) is 6.13. The van der Waals surface area contributed by atoms with Gasteiger partial charge in [-0.25, -0.2) is 0 Å². The van der Waals surface area contributed by atoms with E-state index < -0.39 is 0 Å². The molecular formula is C16H34N2. The topological polar surface area (TPSA) is 38.0 Å². The van der Waals surface area contributed by atoms with Crippen LogP contribution in [0.25, 0.3) is 0 Å². The van der Waals surface area contributed by atoms with Crippen LogP contribution >= 0.6 is 0 Å². The summed E-state index contributed by atoms with van der Waals surface area (Å²) in [5.74, 6) is 0.901. The minimum absolute atomic E-state index is 0.339. The van der Waals surface area contributed by atoms with E-state index in [-0.39, 0.29) is 0 Å². The van der Waals surface area contributed by atoms with E-state index in [1.807, 2.05) is 0 Å². The third kappa shape index (κ3) is 3.71. The van der Waals surface area contributed by atoms with Crippen LogP contribution in [0.15, 0.2) is 0 Å². The summed E-state index contributed by atoms with van der Waals surface area (Å²) in [5, 5.41) is 3.88. The van der Waals surface area contributed by atoms with E-state index in [4.69, 9.17) is 5.73 Å². The third-order valence-electron chi connectivity index (χ3n) is 5.64. The van der Waals surface area contributed by atoms with E-state index in [0.29, 0.717) is 11.0 Å². The Labute approximate surface area is 114 Å². The molecule has 0 spiro atoms. The van der Waals surface area contributed by atoms with Crippen molar-refractivity contribution in [3.05, 3.63) is 0 Å². The van der Waals surface area contributed by atoms with Crippen LogP contribution in [-0.4, -0.2) is 18.6 Å². The van der Waals surface area contributed by atoms with Crippen molar-refractivity contribution in [3.8, 4) is 0 Å². The molecule has 0 unspecified atom stereocenters. The van der Waals surface area contributed by atoms with Gasteiger partial charge in [-0.1, -0.05) is 40.5 Å². The van der Waals surface area contributed by atoms with Crippen LogP contribution in [0, 0.1) is 11.3 Å². The fourth-order valence-corrected chi connectivity index (χ4v) is 3.33. The average molecular weight is 254 g/mol. The average Bonchev–Trinajstić information content (AvgIpc) is 2.43. The molecule has 0 aliphatic heterocycles. The van der Waals surface area contributed by atoms with Crippen molar-refractivity contribution in [1.82, 2.24) is 5.32 Å². The minimum Gasteiger partial charge on any atom is -0.330 e. The van der Waals surface area contributed by atoms with E-state index in [0.717, 1.165) is 19.0 Å². The Morgan fingerprint density at radius 3 is 2.00 bits per heavy atom. The first-order chi connectivity index (χ1) is 8.55. The van der Waals surface area contributed by atoms with Crippen molar-refractivity contribution < 1.29 is 0 Å². The summed E-state index contributed by atoms with van der Waals surface area (Å²) in [6, 6.07) is 0. The van der Waals surface area contributed by atoms with Gasteiger partial charge in [-0.05, 0) is 50.0 Å². The lowest BCUT2D eigenvalue weighted by atomic mass is 9.70. The van der Waals surface area contributed by atoms with E-state index in [1.165, 1.54) is 44.9 Å². The zero-order valence-corrected chi connectivity index (χ0v) is 13.0. The van der Waals surface area contributed by atoms with Gasteiger partial charge in [-0.2, -0.15) is 0 Å². The largest absolute Gasteiger partial charge is 0.330 e. The summed E-state index contributed by atoms with van der Waals surface area (Å²) in [6.07, 6.45) is 8.99. The van der Waals surface area contributed by atoms with Gasteiger partial charge < -0.3 is 11.1 Å². The molecule has 0 bridgehead atoms. The first-order valence-electron chi connectivity index (χ1n) is 8.00. The molecule has 18 heavy (non-hydrogen) atoms. The number of hydrogen-bond donors (Lipinski definition) is 2. The van der Waals surface area contributed by atoms with E-state index in [9.17, 15) is 0 Å². The lowest BCUT2D eigenvalue weighted by Crippen LogP contribution is -2.51. The standard InChI is InChI=1S/C16H34N2/c1-5-16(6-2,7-3)18-13-15(12-17)10-8-14(4)9-11-15/h14,18H,5-13,17H2,1-4H3. The lowest BCUT2D eigenvalue weighted by molar-refractivity contribution is 0.135. The summed E-state index contributed by atoms with van der Waals surface area (Å²) < 4.78 is 0. The molecular weight excluding hydrogens is 220 g/mol. The molecule has 0 aromatic rings. The highest BCUT2D eigenvalue weighted by atomic mass is 15.0. The predicted octanol–water partition coefficient (Wildman–Crippen LogP) is 3.70. The van der Waals surface area contributed by atoms with Gasteiger partial charge in [0.15, 0.2) is 0 Å². The Morgan fingerprint density at radius 1 is 1.11 bits per heavy atom. The van der Waals surface area contributed by atoms with E-state index >= 15 is 0 Å². The van der Waals surface area contributed by atoms with E-state index in [1.54, 1.807) is 0 Å². The quantitative estimate of drug-likeness (QED) is 0.727. The summed E-state index contributed by atoms with van der Waals surface area (Å²) in [5.41, 5.74) is 6.81. The van der Waals surface area contributed by atoms with Crippen molar-refractivity contribution in [2.75, 3.05) is 13.1 Å². The molecule has 1 saturated carbocycles. The van der Waals surface area contributed by atoms with Gasteiger partial charge in [0.2, 0.25) is 0 Å². The Morgan fingerprint density at radius 2 is 1.61 bits per heavy atom. The summed E-state index contributed by atoms with van der Waals surface area (Å²) in [6.45, 7) is 11.3. The van der Waals surface area contributed by atoms with Gasteiger partial charge in [0.05, 0.1) is 0 Å². The Hall–Kier alpha value is -0.0800. The highest BCUT2D eigenvalue weighted by Gasteiger charge is 2.35. The number of rotatable bonds is 7. The van der Waals surface area contributed by atoms with Crippen LogP contribution in [0.2, 0.25) is 0 Å². The maximum atomic E-state index is 6.10. The monoisotopic (exact) mass is 254 g/mol. The van der Waals surface area contributed by atoms with Crippen LogP contribution in [0.4, 0.5) is 0 Å². The van der Waals surface area contributed by atoms with Gasteiger partial charge in [-0.3, -0.25) is 0 Å². The fraction of sp³-hybridized carbons (Fsp3) is 1.00. The molecule has 1 fully saturated rings. The highest BCUT2D eigenvalue weighted by molar-refractivity contribution is 4.92.